The fraction of sp³-hybridized carbons (Fsp3) is 0.593. The first-order chi connectivity index (χ1) is 16.4. The molecule has 1 aliphatic carbocycles. The van der Waals surface area contributed by atoms with E-state index in [1.165, 1.54) is 49.9 Å². The summed E-state index contributed by atoms with van der Waals surface area (Å²) in [6, 6.07) is 10.0. The number of nitrogens with zero attached hydrogens (tertiary/aromatic N) is 1. The lowest BCUT2D eigenvalue weighted by Crippen LogP contribution is -2.35. The van der Waals surface area contributed by atoms with Gasteiger partial charge in [-0.15, -0.1) is 0 Å². The molecule has 0 amide bonds. The molecule has 6 nitrogen and oxygen atoms in total. The van der Waals surface area contributed by atoms with E-state index in [0.29, 0.717) is 23.9 Å². The lowest BCUT2D eigenvalue weighted by atomic mass is 9.89. The minimum absolute atomic E-state index is 0.168. The maximum atomic E-state index is 12.2. The van der Waals surface area contributed by atoms with Crippen molar-refractivity contribution in [3.63, 3.8) is 0 Å². The quantitative estimate of drug-likeness (QED) is 0.561. The van der Waals surface area contributed by atoms with Crippen LogP contribution in [0.15, 0.2) is 46.2 Å². The van der Waals surface area contributed by atoms with Gasteiger partial charge in [-0.25, -0.2) is 8.42 Å². The Balaban J connectivity index is 1.26. The fourth-order valence-electron chi connectivity index (χ4n) is 5.29. The molecular weight excluding hydrogens is 448 g/mol. The van der Waals surface area contributed by atoms with Gasteiger partial charge in [0.15, 0.2) is 9.84 Å². The summed E-state index contributed by atoms with van der Waals surface area (Å²) >= 11 is 0. The molecule has 1 aliphatic heterocycles. The fourth-order valence-corrected chi connectivity index (χ4v) is 5.92. The van der Waals surface area contributed by atoms with Gasteiger partial charge in [0.05, 0.1) is 11.5 Å². The number of piperidine rings is 1. The van der Waals surface area contributed by atoms with E-state index in [-0.39, 0.29) is 10.5 Å². The second-order valence-corrected chi connectivity index (χ2v) is 12.2. The molecule has 4 rings (SSSR count). The molecule has 0 atom stereocenters. The number of H-pyrrole nitrogens is 1. The van der Waals surface area contributed by atoms with E-state index in [1.807, 2.05) is 0 Å². The molecule has 0 radical (unpaired) electrons. The standard InChI is InChI=1S/C27H38N2O4S/c1-34(31,32)25-17-24(27(30)28-18-25)19-29-15-13-21(14-16-29)11-12-23-9-5-6-10-26(23)33-20-22-7-3-2-4-8-22/h5-6,9-10,17-18,21-22H,2-4,7-8,11-16,19-20H2,1H3,(H,28,30). The van der Waals surface area contributed by atoms with E-state index in [4.69, 9.17) is 4.74 Å². The number of hydrogen-bond acceptors (Lipinski definition) is 5. The van der Waals surface area contributed by atoms with Gasteiger partial charge in [0, 0.05) is 24.6 Å². The maximum Gasteiger partial charge on any atom is 0.252 e. The number of aromatic amines is 1. The number of nitrogens with one attached hydrogen (secondary N) is 1. The van der Waals surface area contributed by atoms with Crippen LogP contribution in [-0.2, 0) is 22.8 Å². The Bertz CT molecular complexity index is 1100. The Kier molecular flexibility index (Phi) is 8.48. The van der Waals surface area contributed by atoms with E-state index >= 15 is 0 Å². The lowest BCUT2D eigenvalue weighted by Gasteiger charge is -2.32. The van der Waals surface area contributed by atoms with Gasteiger partial charge in [-0.1, -0.05) is 37.5 Å². The summed E-state index contributed by atoms with van der Waals surface area (Å²) in [7, 11) is -3.34. The smallest absolute Gasteiger partial charge is 0.252 e. The number of ether oxygens (including phenoxy) is 1. The molecule has 1 N–H and O–H groups in total. The number of likely N-dealkylation sites (tertiary alicyclic amines) is 1. The van der Waals surface area contributed by atoms with Gasteiger partial charge in [-0.2, -0.15) is 0 Å². The minimum Gasteiger partial charge on any atom is -0.493 e. The number of aryl methyl sites for hydroxylation is 1. The summed E-state index contributed by atoms with van der Waals surface area (Å²) in [5.74, 6) is 2.41. The van der Waals surface area contributed by atoms with E-state index in [2.05, 4.69) is 34.1 Å². The van der Waals surface area contributed by atoms with Crippen molar-refractivity contribution in [2.75, 3.05) is 26.0 Å². The highest BCUT2D eigenvalue weighted by atomic mass is 32.2. The van der Waals surface area contributed by atoms with E-state index in [0.717, 1.165) is 57.4 Å². The van der Waals surface area contributed by atoms with Crippen LogP contribution in [0.5, 0.6) is 5.75 Å². The molecule has 0 bridgehead atoms. The third kappa shape index (κ3) is 6.95. The molecule has 2 aliphatic rings. The Morgan fingerprint density at radius 1 is 1.00 bits per heavy atom. The molecule has 1 saturated heterocycles. The van der Waals surface area contributed by atoms with Crippen molar-refractivity contribution in [3.8, 4) is 5.75 Å². The second-order valence-electron chi connectivity index (χ2n) is 10.1. The molecule has 34 heavy (non-hydrogen) atoms. The Hall–Kier alpha value is -2.12. The predicted octanol–water partition coefficient (Wildman–Crippen LogP) is 4.58. The van der Waals surface area contributed by atoms with Gasteiger partial charge in [0.1, 0.15) is 5.75 Å². The summed E-state index contributed by atoms with van der Waals surface area (Å²) in [6.45, 7) is 3.18. The number of hydrogen-bond donors (Lipinski definition) is 1. The zero-order valence-electron chi connectivity index (χ0n) is 20.3. The minimum atomic E-state index is -3.34. The highest BCUT2D eigenvalue weighted by Crippen LogP contribution is 2.29. The van der Waals surface area contributed by atoms with Crippen LogP contribution in [0.3, 0.4) is 0 Å². The van der Waals surface area contributed by atoms with Crippen LogP contribution >= 0.6 is 0 Å². The molecule has 1 saturated carbocycles. The molecular formula is C27H38N2O4S. The van der Waals surface area contributed by atoms with E-state index in [1.54, 1.807) is 0 Å². The molecule has 1 aromatic heterocycles. The topological polar surface area (TPSA) is 79.5 Å². The van der Waals surface area contributed by atoms with Crippen molar-refractivity contribution >= 4 is 9.84 Å². The summed E-state index contributed by atoms with van der Waals surface area (Å²) < 4.78 is 29.9. The zero-order chi connectivity index (χ0) is 24.0. The van der Waals surface area contributed by atoms with Crippen molar-refractivity contribution in [1.29, 1.82) is 0 Å². The number of pyridine rings is 1. The average Bonchev–Trinajstić information content (AvgIpc) is 2.84. The molecule has 2 aromatic rings. The molecule has 7 heteroatoms. The number of benzene rings is 1. The monoisotopic (exact) mass is 486 g/mol. The third-order valence-corrected chi connectivity index (χ3v) is 8.57. The Labute approximate surface area is 203 Å². The van der Waals surface area contributed by atoms with Gasteiger partial charge in [0.2, 0.25) is 0 Å². The van der Waals surface area contributed by atoms with E-state index < -0.39 is 9.84 Å². The Morgan fingerprint density at radius 3 is 2.47 bits per heavy atom. The van der Waals surface area contributed by atoms with Crippen LogP contribution in [0.4, 0.5) is 0 Å². The van der Waals surface area contributed by atoms with Gasteiger partial charge < -0.3 is 9.72 Å². The van der Waals surface area contributed by atoms with Crippen molar-refractivity contribution in [3.05, 3.63) is 58.0 Å². The largest absolute Gasteiger partial charge is 0.493 e. The van der Waals surface area contributed by atoms with Crippen molar-refractivity contribution in [2.24, 2.45) is 11.8 Å². The zero-order valence-corrected chi connectivity index (χ0v) is 21.1. The van der Waals surface area contributed by atoms with Crippen LogP contribution in [0.2, 0.25) is 0 Å². The molecule has 2 heterocycles. The van der Waals surface area contributed by atoms with Gasteiger partial charge in [-0.05, 0) is 81.1 Å². The number of rotatable bonds is 9. The average molecular weight is 487 g/mol. The van der Waals surface area contributed by atoms with Crippen LogP contribution in [0.1, 0.15) is 62.5 Å². The number of aromatic nitrogens is 1. The molecule has 1 aromatic carbocycles. The SMILES string of the molecule is CS(=O)(=O)c1c[nH]c(=O)c(CN2CCC(CCc3ccccc3OCC3CCCCC3)CC2)c1. The molecule has 0 spiro atoms. The summed E-state index contributed by atoms with van der Waals surface area (Å²) in [5.41, 5.74) is 1.62. The second kappa shape index (κ2) is 11.5. The van der Waals surface area contributed by atoms with Crippen molar-refractivity contribution in [2.45, 2.75) is 69.2 Å². The summed E-state index contributed by atoms with van der Waals surface area (Å²) in [5, 5.41) is 0. The first-order valence-corrected chi connectivity index (χ1v) is 14.6. The van der Waals surface area contributed by atoms with Crippen LogP contribution in [-0.4, -0.2) is 44.3 Å². The maximum absolute atomic E-state index is 12.2. The highest BCUT2D eigenvalue weighted by Gasteiger charge is 2.21. The molecule has 186 valence electrons. The van der Waals surface area contributed by atoms with Crippen molar-refractivity contribution < 1.29 is 13.2 Å². The van der Waals surface area contributed by atoms with E-state index in [9.17, 15) is 13.2 Å². The van der Waals surface area contributed by atoms with Crippen LogP contribution in [0, 0.1) is 11.8 Å². The van der Waals surface area contributed by atoms with Crippen molar-refractivity contribution in [1.82, 2.24) is 9.88 Å². The number of sulfone groups is 1. The third-order valence-electron chi connectivity index (χ3n) is 7.48. The lowest BCUT2D eigenvalue weighted by molar-refractivity contribution is 0.171. The van der Waals surface area contributed by atoms with Gasteiger partial charge in [-0.3, -0.25) is 9.69 Å². The van der Waals surface area contributed by atoms with Crippen LogP contribution in [0.25, 0.3) is 0 Å². The first-order valence-electron chi connectivity index (χ1n) is 12.7. The van der Waals surface area contributed by atoms with Gasteiger partial charge in [0.25, 0.3) is 5.56 Å². The summed E-state index contributed by atoms with van der Waals surface area (Å²) in [4.78, 5) is 17.2. The summed E-state index contributed by atoms with van der Waals surface area (Å²) in [6.07, 6.45) is 13.4. The van der Waals surface area contributed by atoms with Gasteiger partial charge >= 0.3 is 0 Å². The highest BCUT2D eigenvalue weighted by molar-refractivity contribution is 7.90. The number of para-hydroxylation sites is 1. The predicted molar refractivity (Wildman–Crippen MR) is 135 cm³/mol. The molecule has 0 unspecified atom stereocenters. The first kappa shape index (κ1) is 25.0. The van der Waals surface area contributed by atoms with Crippen LogP contribution < -0.4 is 10.3 Å². The Morgan fingerprint density at radius 2 is 1.74 bits per heavy atom. The normalized spacial score (nSPS) is 18.7. The molecule has 2 fully saturated rings.